The maximum Gasteiger partial charge on any atom is 0.168 e. The quantitative estimate of drug-likeness (QED) is 0.873. The highest BCUT2D eigenvalue weighted by Gasteiger charge is 2.67. The lowest BCUT2D eigenvalue weighted by Crippen LogP contribution is -2.09. The Morgan fingerprint density at radius 1 is 1.24 bits per heavy atom. The number of hydrogen-bond donors (Lipinski definition) is 1. The van der Waals surface area contributed by atoms with Crippen molar-refractivity contribution in [2.75, 3.05) is 7.11 Å². The van der Waals surface area contributed by atoms with Crippen LogP contribution in [-0.4, -0.2) is 17.9 Å². The Kier molecular flexibility index (Phi) is 2.20. The fourth-order valence-electron chi connectivity index (χ4n) is 5.29. The highest BCUT2D eigenvalue weighted by Crippen LogP contribution is 2.70. The molecular formula is C18H19NO2. The van der Waals surface area contributed by atoms with Crippen molar-refractivity contribution in [3.63, 3.8) is 0 Å². The van der Waals surface area contributed by atoms with E-state index in [1.54, 1.807) is 7.11 Å². The van der Waals surface area contributed by atoms with Crippen molar-refractivity contribution in [3.05, 3.63) is 30.0 Å². The zero-order valence-corrected chi connectivity index (χ0v) is 12.1. The molecule has 21 heavy (non-hydrogen) atoms. The molecule has 1 heterocycles. The zero-order valence-electron chi connectivity index (χ0n) is 12.1. The average molecular weight is 281 g/mol. The van der Waals surface area contributed by atoms with Crippen molar-refractivity contribution in [3.8, 4) is 5.75 Å². The summed E-state index contributed by atoms with van der Waals surface area (Å²) in [4.78, 5) is 16.2. The summed E-state index contributed by atoms with van der Waals surface area (Å²) in [5.41, 5.74) is 1.88. The largest absolute Gasteiger partial charge is 0.497 e. The number of nitrogens with one attached hydrogen (secondary N) is 1. The molecule has 3 aliphatic carbocycles. The number of fused-ring (bicyclic) bond motifs is 6. The Morgan fingerprint density at radius 2 is 2.00 bits per heavy atom. The minimum absolute atomic E-state index is 0.307. The zero-order chi connectivity index (χ0) is 14.1. The van der Waals surface area contributed by atoms with E-state index in [9.17, 15) is 4.79 Å². The minimum Gasteiger partial charge on any atom is -0.497 e. The SMILES string of the molecule is COc1ccc2[nH]cc(C(=O)C3C4C5CCC(C5)C34)c2c1. The van der Waals surface area contributed by atoms with Crippen LogP contribution in [0.4, 0.5) is 0 Å². The van der Waals surface area contributed by atoms with Gasteiger partial charge in [0.25, 0.3) is 0 Å². The molecule has 0 amide bonds. The molecule has 0 radical (unpaired) electrons. The number of benzene rings is 1. The molecule has 3 fully saturated rings. The summed E-state index contributed by atoms with van der Waals surface area (Å²) in [6.07, 6.45) is 6.00. The first-order valence-electron chi connectivity index (χ1n) is 7.97. The number of ketones is 1. The molecule has 0 spiro atoms. The number of H-pyrrole nitrogens is 1. The lowest BCUT2D eigenvalue weighted by atomic mass is 9.96. The van der Waals surface area contributed by atoms with Crippen molar-refractivity contribution in [2.24, 2.45) is 29.6 Å². The molecule has 3 saturated carbocycles. The van der Waals surface area contributed by atoms with Crippen molar-refractivity contribution in [1.29, 1.82) is 0 Å². The standard InChI is InChI=1S/C18H19NO2/c1-21-11-4-5-14-12(7-11)13(8-19-14)18(20)17-15-9-2-3-10(6-9)16(15)17/h4-5,7-10,15-17,19H,2-3,6H2,1H3. The van der Waals surface area contributed by atoms with Crippen LogP contribution >= 0.6 is 0 Å². The monoisotopic (exact) mass is 281 g/mol. The van der Waals surface area contributed by atoms with Crippen LogP contribution < -0.4 is 4.74 Å². The molecule has 4 unspecified atom stereocenters. The Balaban J connectivity index is 1.52. The Bertz CT molecular complexity index is 731. The third-order valence-electron chi connectivity index (χ3n) is 6.19. The summed E-state index contributed by atoms with van der Waals surface area (Å²) in [5, 5.41) is 1.01. The van der Waals surface area contributed by atoms with Crippen LogP contribution in [0.25, 0.3) is 10.9 Å². The van der Waals surface area contributed by atoms with E-state index >= 15 is 0 Å². The maximum atomic E-state index is 13.0. The van der Waals surface area contributed by atoms with Crippen LogP contribution in [0.1, 0.15) is 29.6 Å². The van der Waals surface area contributed by atoms with Crippen LogP contribution in [0, 0.1) is 29.6 Å². The second-order valence-corrected chi connectivity index (χ2v) is 6.99. The molecule has 4 atom stereocenters. The van der Waals surface area contributed by atoms with Crippen LogP contribution in [0.3, 0.4) is 0 Å². The van der Waals surface area contributed by atoms with Gasteiger partial charge in [-0.1, -0.05) is 0 Å². The van der Waals surface area contributed by atoms with E-state index in [0.717, 1.165) is 34.1 Å². The third kappa shape index (κ3) is 1.47. The molecule has 2 aromatic rings. The lowest BCUT2D eigenvalue weighted by Gasteiger charge is -2.07. The number of Topliss-reactive ketones (excluding diaryl/α,β-unsaturated/α-hetero) is 1. The minimum atomic E-state index is 0.307. The van der Waals surface area contributed by atoms with E-state index in [0.29, 0.717) is 23.5 Å². The molecule has 1 N–H and O–H groups in total. The van der Waals surface area contributed by atoms with Gasteiger partial charge in [-0.2, -0.15) is 0 Å². The molecule has 3 nitrogen and oxygen atoms in total. The first-order chi connectivity index (χ1) is 10.3. The summed E-state index contributed by atoms with van der Waals surface area (Å²) in [6, 6.07) is 5.90. The van der Waals surface area contributed by atoms with Crippen LogP contribution in [0.2, 0.25) is 0 Å². The smallest absolute Gasteiger partial charge is 0.168 e. The average Bonchev–Trinajstić information content (AvgIpc) is 2.85. The van der Waals surface area contributed by atoms with Crippen molar-refractivity contribution in [2.45, 2.75) is 19.3 Å². The number of ether oxygens (including phenoxy) is 1. The number of aromatic amines is 1. The number of hydrogen-bond acceptors (Lipinski definition) is 2. The molecule has 5 rings (SSSR count). The van der Waals surface area contributed by atoms with Crippen LogP contribution in [-0.2, 0) is 0 Å². The number of carbonyl (C=O) groups is 1. The van der Waals surface area contributed by atoms with E-state index in [1.165, 1.54) is 19.3 Å². The number of carbonyl (C=O) groups excluding carboxylic acids is 1. The summed E-state index contributed by atoms with van der Waals surface area (Å²) >= 11 is 0. The Morgan fingerprint density at radius 3 is 2.71 bits per heavy atom. The predicted molar refractivity (Wildman–Crippen MR) is 80.5 cm³/mol. The van der Waals surface area contributed by atoms with E-state index in [-0.39, 0.29) is 0 Å². The molecule has 1 aromatic heterocycles. The topological polar surface area (TPSA) is 42.1 Å². The highest BCUT2D eigenvalue weighted by atomic mass is 16.5. The van der Waals surface area contributed by atoms with Gasteiger partial charge in [0.1, 0.15) is 5.75 Å². The molecule has 2 bridgehead atoms. The Labute approximate surface area is 123 Å². The van der Waals surface area contributed by atoms with Crippen LogP contribution in [0.15, 0.2) is 24.4 Å². The molecule has 1 aromatic carbocycles. The van der Waals surface area contributed by atoms with Gasteiger partial charge in [-0.15, -0.1) is 0 Å². The highest BCUT2D eigenvalue weighted by molar-refractivity contribution is 6.10. The lowest BCUT2D eigenvalue weighted by molar-refractivity contribution is 0.0946. The first kappa shape index (κ1) is 11.8. The maximum absolute atomic E-state index is 13.0. The van der Waals surface area contributed by atoms with Gasteiger partial charge in [0.05, 0.1) is 7.11 Å². The molecule has 108 valence electrons. The Hall–Kier alpha value is -1.77. The fourth-order valence-corrected chi connectivity index (χ4v) is 5.29. The van der Waals surface area contributed by atoms with E-state index < -0.39 is 0 Å². The van der Waals surface area contributed by atoms with Gasteiger partial charge in [0.15, 0.2) is 5.78 Å². The van der Waals surface area contributed by atoms with Crippen molar-refractivity contribution in [1.82, 2.24) is 4.98 Å². The van der Waals surface area contributed by atoms with Gasteiger partial charge in [0, 0.05) is 28.6 Å². The van der Waals surface area contributed by atoms with Crippen molar-refractivity contribution < 1.29 is 9.53 Å². The van der Waals surface area contributed by atoms with Gasteiger partial charge in [-0.25, -0.2) is 0 Å². The van der Waals surface area contributed by atoms with Gasteiger partial charge >= 0.3 is 0 Å². The van der Waals surface area contributed by atoms with Gasteiger partial charge in [-0.05, 0) is 61.1 Å². The van der Waals surface area contributed by atoms with E-state index in [2.05, 4.69) is 4.98 Å². The number of rotatable bonds is 3. The molecule has 3 heteroatoms. The van der Waals surface area contributed by atoms with E-state index in [4.69, 9.17) is 4.74 Å². The van der Waals surface area contributed by atoms with Gasteiger partial charge in [0.2, 0.25) is 0 Å². The number of methoxy groups -OCH3 is 1. The summed E-state index contributed by atoms with van der Waals surface area (Å²) in [6.45, 7) is 0. The van der Waals surface area contributed by atoms with Gasteiger partial charge in [-0.3, -0.25) is 4.79 Å². The summed E-state index contributed by atoms with van der Waals surface area (Å²) < 4.78 is 5.30. The molecular weight excluding hydrogens is 262 g/mol. The summed E-state index contributed by atoms with van der Waals surface area (Å²) in [7, 11) is 1.66. The first-order valence-corrected chi connectivity index (χ1v) is 7.97. The third-order valence-corrected chi connectivity index (χ3v) is 6.19. The second-order valence-electron chi connectivity index (χ2n) is 6.99. The fraction of sp³-hybridized carbons (Fsp3) is 0.500. The number of aromatic nitrogens is 1. The molecule has 0 aliphatic heterocycles. The van der Waals surface area contributed by atoms with Crippen molar-refractivity contribution >= 4 is 16.7 Å². The van der Waals surface area contributed by atoms with Crippen LogP contribution in [0.5, 0.6) is 5.75 Å². The molecule has 0 saturated heterocycles. The second kappa shape index (κ2) is 3.90. The van der Waals surface area contributed by atoms with E-state index in [1.807, 2.05) is 24.4 Å². The normalized spacial score (nSPS) is 36.0. The predicted octanol–water partition coefficient (Wildman–Crippen LogP) is 3.65. The summed E-state index contributed by atoms with van der Waals surface area (Å²) in [5.74, 6) is 4.57. The van der Waals surface area contributed by atoms with Gasteiger partial charge < -0.3 is 9.72 Å². The molecule has 3 aliphatic rings.